The van der Waals surface area contributed by atoms with Crippen molar-refractivity contribution in [3.8, 4) is 5.75 Å². The van der Waals surface area contributed by atoms with Crippen molar-refractivity contribution in [3.63, 3.8) is 0 Å². The summed E-state index contributed by atoms with van der Waals surface area (Å²) in [5, 5.41) is 17.4. The van der Waals surface area contributed by atoms with Crippen LogP contribution in [0.1, 0.15) is 24.2 Å². The van der Waals surface area contributed by atoms with E-state index in [4.69, 9.17) is 9.88 Å². The molecule has 2 aromatic rings. The molecule has 2 rings (SSSR count). The predicted octanol–water partition coefficient (Wildman–Crippen LogP) is 1.68. The van der Waals surface area contributed by atoms with E-state index in [9.17, 15) is 23.1 Å². The van der Waals surface area contributed by atoms with Crippen molar-refractivity contribution in [3.05, 3.63) is 48.0 Å². The first-order chi connectivity index (χ1) is 13.7. The number of hydrogen-bond donors (Lipinski definition) is 3. The number of rotatable bonds is 8. The van der Waals surface area contributed by atoms with E-state index in [1.165, 1.54) is 24.3 Å². The summed E-state index contributed by atoms with van der Waals surface area (Å²) in [4.78, 5) is 26.1. The maximum atomic E-state index is 12.3. The van der Waals surface area contributed by atoms with Crippen molar-refractivity contribution in [2.75, 3.05) is 29.9 Å². The summed E-state index contributed by atoms with van der Waals surface area (Å²) in [5.41, 5.74) is 0.756. The fourth-order valence-electron chi connectivity index (χ4n) is 2.67. The Morgan fingerprint density at radius 1 is 1.14 bits per heavy atom. The van der Waals surface area contributed by atoms with Crippen LogP contribution >= 0.6 is 0 Å². The number of para-hydroxylation sites is 1. The quantitative estimate of drug-likeness (QED) is 0.551. The normalized spacial score (nSPS) is 11.0. The topological polar surface area (TPSA) is 139 Å². The zero-order chi connectivity index (χ0) is 21.6. The number of esters is 1. The molecule has 0 spiro atoms. The molecule has 0 aromatic heterocycles. The molecule has 1 amide bonds. The smallest absolute Gasteiger partial charge is 0.342 e. The Kier molecular flexibility index (Phi) is 7.18. The monoisotopic (exact) mass is 421 g/mol. The van der Waals surface area contributed by atoms with Gasteiger partial charge in [-0.15, -0.1) is 0 Å². The maximum Gasteiger partial charge on any atom is 0.342 e. The molecule has 9 nitrogen and oxygen atoms in total. The number of hydrogen-bond acceptors (Lipinski definition) is 7. The molecule has 0 heterocycles. The summed E-state index contributed by atoms with van der Waals surface area (Å²) < 4.78 is 28.2. The average molecular weight is 421 g/mol. The molecule has 0 saturated heterocycles. The van der Waals surface area contributed by atoms with Gasteiger partial charge in [-0.1, -0.05) is 12.1 Å². The summed E-state index contributed by atoms with van der Waals surface area (Å²) in [7, 11) is -3.97. The highest BCUT2D eigenvalue weighted by Gasteiger charge is 2.18. The molecule has 0 atom stereocenters. The fraction of sp³-hybridized carbons (Fsp3) is 0.263. The van der Waals surface area contributed by atoms with Gasteiger partial charge in [0.1, 0.15) is 11.3 Å². The number of anilines is 2. The molecule has 2 aromatic carbocycles. The van der Waals surface area contributed by atoms with Crippen LogP contribution in [0.25, 0.3) is 0 Å². The van der Waals surface area contributed by atoms with Gasteiger partial charge in [0.25, 0.3) is 5.91 Å². The van der Waals surface area contributed by atoms with E-state index >= 15 is 0 Å². The first kappa shape index (κ1) is 22.2. The molecule has 156 valence electrons. The number of ether oxygens (including phenoxy) is 1. The number of phenols is 1. The lowest BCUT2D eigenvalue weighted by molar-refractivity contribution is -0.119. The number of nitrogens with one attached hydrogen (secondary N) is 1. The van der Waals surface area contributed by atoms with Gasteiger partial charge in [-0.3, -0.25) is 4.79 Å². The van der Waals surface area contributed by atoms with Crippen LogP contribution < -0.4 is 15.4 Å². The minimum Gasteiger partial charge on any atom is -0.507 e. The van der Waals surface area contributed by atoms with Crippen molar-refractivity contribution in [2.24, 2.45) is 5.14 Å². The highest BCUT2D eigenvalue weighted by atomic mass is 32.2. The summed E-state index contributed by atoms with van der Waals surface area (Å²) in [5.74, 6) is -1.79. The maximum absolute atomic E-state index is 12.3. The van der Waals surface area contributed by atoms with Crippen LogP contribution in [0, 0.1) is 0 Å². The number of primary sulfonamides is 1. The molecule has 0 aliphatic carbocycles. The highest BCUT2D eigenvalue weighted by molar-refractivity contribution is 7.89. The van der Waals surface area contributed by atoms with E-state index in [0.29, 0.717) is 18.8 Å². The van der Waals surface area contributed by atoms with Crippen molar-refractivity contribution in [2.45, 2.75) is 18.7 Å². The average Bonchev–Trinajstić information content (AvgIpc) is 2.67. The van der Waals surface area contributed by atoms with Crippen LogP contribution in [0.4, 0.5) is 11.4 Å². The Balaban J connectivity index is 2.19. The molecule has 4 N–H and O–H groups in total. The SMILES string of the molecule is CCN(CC)c1ccc(S(N)(=O)=O)cc1NC(=O)COC(=O)c1ccccc1O. The van der Waals surface area contributed by atoms with Gasteiger partial charge in [0, 0.05) is 13.1 Å². The second-order valence-electron chi connectivity index (χ2n) is 6.04. The third kappa shape index (κ3) is 5.69. The Labute approximate surface area is 169 Å². The fourth-order valence-corrected chi connectivity index (χ4v) is 3.21. The highest BCUT2D eigenvalue weighted by Crippen LogP contribution is 2.28. The molecule has 0 fully saturated rings. The number of nitrogens with two attached hydrogens (primary N) is 1. The predicted molar refractivity (Wildman–Crippen MR) is 108 cm³/mol. The molecular formula is C19H23N3O6S. The molecule has 10 heteroatoms. The molecule has 0 unspecified atom stereocenters. The Bertz CT molecular complexity index is 1000. The van der Waals surface area contributed by atoms with E-state index in [2.05, 4.69) is 5.32 Å². The largest absolute Gasteiger partial charge is 0.507 e. The van der Waals surface area contributed by atoms with E-state index < -0.39 is 28.5 Å². The van der Waals surface area contributed by atoms with E-state index in [-0.39, 0.29) is 21.9 Å². The van der Waals surface area contributed by atoms with Gasteiger partial charge in [0.15, 0.2) is 6.61 Å². The molecule has 0 aliphatic heterocycles. The number of nitrogens with zero attached hydrogens (tertiary/aromatic N) is 1. The lowest BCUT2D eigenvalue weighted by atomic mass is 10.2. The van der Waals surface area contributed by atoms with Gasteiger partial charge in [0.05, 0.1) is 16.3 Å². The number of phenolic OH excluding ortho intramolecular Hbond substituents is 1. The lowest BCUT2D eigenvalue weighted by Crippen LogP contribution is -2.26. The number of carbonyl (C=O) groups is 2. The summed E-state index contributed by atoms with van der Waals surface area (Å²) in [6.45, 7) is 4.45. The number of carbonyl (C=O) groups excluding carboxylic acids is 2. The second-order valence-corrected chi connectivity index (χ2v) is 7.60. The van der Waals surface area contributed by atoms with Crippen LogP contribution in [0.5, 0.6) is 5.75 Å². The molecule has 29 heavy (non-hydrogen) atoms. The van der Waals surface area contributed by atoms with E-state index in [1.807, 2.05) is 18.7 Å². The standard InChI is InChI=1S/C19H23N3O6S/c1-3-22(4-2)16-10-9-13(29(20,26)27)11-15(16)21-18(24)12-28-19(25)14-7-5-6-8-17(14)23/h5-11,23H,3-4,12H2,1-2H3,(H,21,24)(H2,20,26,27). The van der Waals surface area contributed by atoms with Crippen LogP contribution in [-0.2, 0) is 19.6 Å². The molecule has 0 radical (unpaired) electrons. The number of aromatic hydroxyl groups is 1. The first-order valence-corrected chi connectivity index (χ1v) is 10.4. The lowest BCUT2D eigenvalue weighted by Gasteiger charge is -2.24. The summed E-state index contributed by atoms with van der Waals surface area (Å²) >= 11 is 0. The summed E-state index contributed by atoms with van der Waals surface area (Å²) in [6.07, 6.45) is 0. The summed E-state index contributed by atoms with van der Waals surface area (Å²) in [6, 6.07) is 9.95. The first-order valence-electron chi connectivity index (χ1n) is 8.84. The van der Waals surface area contributed by atoms with Crippen LogP contribution in [0.2, 0.25) is 0 Å². The van der Waals surface area contributed by atoms with Crippen molar-refractivity contribution < 1.29 is 27.9 Å². The molecular weight excluding hydrogens is 398 g/mol. The van der Waals surface area contributed by atoms with Crippen LogP contribution in [-0.4, -0.2) is 45.1 Å². The van der Waals surface area contributed by atoms with Crippen LogP contribution in [0.15, 0.2) is 47.4 Å². The van der Waals surface area contributed by atoms with Gasteiger partial charge in [-0.05, 0) is 44.2 Å². The number of sulfonamides is 1. The van der Waals surface area contributed by atoms with Gasteiger partial charge in [-0.2, -0.15) is 0 Å². The van der Waals surface area contributed by atoms with Crippen molar-refractivity contribution in [1.82, 2.24) is 0 Å². The van der Waals surface area contributed by atoms with Crippen molar-refractivity contribution in [1.29, 1.82) is 0 Å². The van der Waals surface area contributed by atoms with Gasteiger partial charge < -0.3 is 20.1 Å². The Hall–Kier alpha value is -3.11. The van der Waals surface area contributed by atoms with Crippen molar-refractivity contribution >= 4 is 33.3 Å². The minimum absolute atomic E-state index is 0.0691. The number of amides is 1. The van der Waals surface area contributed by atoms with E-state index in [0.717, 1.165) is 0 Å². The Morgan fingerprint density at radius 2 is 1.79 bits per heavy atom. The third-order valence-electron chi connectivity index (χ3n) is 4.13. The van der Waals surface area contributed by atoms with Gasteiger partial charge in [0.2, 0.25) is 10.0 Å². The van der Waals surface area contributed by atoms with Crippen LogP contribution in [0.3, 0.4) is 0 Å². The zero-order valence-electron chi connectivity index (χ0n) is 16.1. The second kappa shape index (κ2) is 9.39. The minimum atomic E-state index is -3.97. The molecule has 0 bridgehead atoms. The molecule has 0 aliphatic rings. The molecule has 0 saturated carbocycles. The number of benzene rings is 2. The zero-order valence-corrected chi connectivity index (χ0v) is 16.9. The van der Waals surface area contributed by atoms with E-state index in [1.54, 1.807) is 18.2 Å². The Morgan fingerprint density at radius 3 is 2.38 bits per heavy atom. The van der Waals surface area contributed by atoms with Gasteiger partial charge >= 0.3 is 5.97 Å². The van der Waals surface area contributed by atoms with Gasteiger partial charge in [-0.25, -0.2) is 18.4 Å². The third-order valence-corrected chi connectivity index (χ3v) is 5.04.